The molecule has 0 bridgehead atoms. The number of amides is 1. The van der Waals surface area contributed by atoms with Crippen LogP contribution in [0.25, 0.3) is 22.0 Å². The van der Waals surface area contributed by atoms with Crippen molar-refractivity contribution in [1.29, 1.82) is 0 Å². The van der Waals surface area contributed by atoms with Crippen LogP contribution in [0.3, 0.4) is 0 Å². The number of methoxy groups -OCH3 is 1. The van der Waals surface area contributed by atoms with Crippen LogP contribution in [0.1, 0.15) is 29.8 Å². The highest BCUT2D eigenvalue weighted by Crippen LogP contribution is 2.34. The molecule has 0 saturated heterocycles. The van der Waals surface area contributed by atoms with Crippen LogP contribution < -0.4 is 15.8 Å². The minimum atomic E-state index is -0.448. The molecule has 0 atom stereocenters. The Balaban J connectivity index is 1.82. The number of nitrogens with zero attached hydrogens (tertiary/aromatic N) is 2. The molecule has 138 valence electrons. The van der Waals surface area contributed by atoms with E-state index in [0.717, 1.165) is 19.3 Å². The van der Waals surface area contributed by atoms with Gasteiger partial charge in [-0.1, -0.05) is 12.1 Å². The van der Waals surface area contributed by atoms with Crippen LogP contribution >= 0.6 is 0 Å². The SMILES string of the molecule is COc1cccc(-c2c(F)ccc3c(N)c(C(=O)NC4CCC4)nnc23)c1. The molecule has 7 heteroatoms. The first-order valence-corrected chi connectivity index (χ1v) is 8.78. The molecule has 1 saturated carbocycles. The lowest BCUT2D eigenvalue weighted by atomic mass is 9.93. The van der Waals surface area contributed by atoms with Gasteiger partial charge in [0.2, 0.25) is 0 Å². The van der Waals surface area contributed by atoms with E-state index < -0.39 is 5.82 Å². The first kappa shape index (κ1) is 17.2. The molecule has 0 aliphatic heterocycles. The lowest BCUT2D eigenvalue weighted by Gasteiger charge is -2.26. The van der Waals surface area contributed by atoms with Gasteiger partial charge in [0, 0.05) is 17.0 Å². The molecule has 1 amide bonds. The molecular weight excluding hydrogens is 347 g/mol. The zero-order valence-electron chi connectivity index (χ0n) is 14.8. The molecule has 0 unspecified atom stereocenters. The number of carbonyl (C=O) groups is 1. The van der Waals surface area contributed by atoms with Gasteiger partial charge in [-0.05, 0) is 49.1 Å². The quantitative estimate of drug-likeness (QED) is 0.739. The Morgan fingerprint density at radius 2 is 2.07 bits per heavy atom. The number of nitrogen functional groups attached to an aromatic ring is 1. The topological polar surface area (TPSA) is 90.1 Å². The fraction of sp³-hybridized carbons (Fsp3) is 0.250. The molecule has 27 heavy (non-hydrogen) atoms. The summed E-state index contributed by atoms with van der Waals surface area (Å²) in [5, 5.41) is 11.5. The second kappa shape index (κ2) is 6.83. The molecule has 3 N–H and O–H groups in total. The number of ether oxygens (including phenoxy) is 1. The number of nitrogens with one attached hydrogen (secondary N) is 1. The number of fused-ring (bicyclic) bond motifs is 1. The maximum atomic E-state index is 14.6. The van der Waals surface area contributed by atoms with Gasteiger partial charge < -0.3 is 15.8 Å². The molecule has 0 radical (unpaired) electrons. The molecule has 3 aromatic rings. The first-order chi connectivity index (χ1) is 13.1. The van der Waals surface area contributed by atoms with Crippen LogP contribution in [0.5, 0.6) is 5.75 Å². The summed E-state index contributed by atoms with van der Waals surface area (Å²) >= 11 is 0. The van der Waals surface area contributed by atoms with Gasteiger partial charge in [0.1, 0.15) is 17.1 Å². The van der Waals surface area contributed by atoms with Crippen LogP contribution in [0.15, 0.2) is 36.4 Å². The third-order valence-electron chi connectivity index (χ3n) is 4.94. The second-order valence-electron chi connectivity index (χ2n) is 6.61. The number of carbonyl (C=O) groups excluding carboxylic acids is 1. The fourth-order valence-electron chi connectivity index (χ4n) is 3.20. The summed E-state index contributed by atoms with van der Waals surface area (Å²) in [6, 6.07) is 10.0. The Bertz CT molecular complexity index is 1030. The van der Waals surface area contributed by atoms with E-state index in [0.29, 0.717) is 22.2 Å². The average Bonchev–Trinajstić information content (AvgIpc) is 2.64. The van der Waals surface area contributed by atoms with E-state index in [1.54, 1.807) is 31.4 Å². The van der Waals surface area contributed by atoms with Gasteiger partial charge in [0.25, 0.3) is 5.91 Å². The largest absolute Gasteiger partial charge is 0.497 e. The molecule has 1 fully saturated rings. The predicted octanol–water partition coefficient (Wildman–Crippen LogP) is 3.31. The van der Waals surface area contributed by atoms with Gasteiger partial charge >= 0.3 is 0 Å². The highest BCUT2D eigenvalue weighted by Gasteiger charge is 2.24. The number of hydrogen-bond acceptors (Lipinski definition) is 5. The summed E-state index contributed by atoms with van der Waals surface area (Å²) in [5.41, 5.74) is 7.64. The van der Waals surface area contributed by atoms with Gasteiger partial charge in [0.05, 0.1) is 12.8 Å². The average molecular weight is 366 g/mol. The number of halogens is 1. The predicted molar refractivity (Wildman–Crippen MR) is 101 cm³/mol. The molecule has 0 spiro atoms. The van der Waals surface area contributed by atoms with E-state index in [1.807, 2.05) is 0 Å². The Morgan fingerprint density at radius 3 is 2.78 bits per heavy atom. The Hall–Kier alpha value is -3.22. The van der Waals surface area contributed by atoms with Crippen LogP contribution in [-0.2, 0) is 0 Å². The van der Waals surface area contributed by atoms with Crippen molar-refractivity contribution >= 4 is 22.5 Å². The number of hydrogen-bond donors (Lipinski definition) is 2. The zero-order chi connectivity index (χ0) is 19.0. The van der Waals surface area contributed by atoms with Gasteiger partial charge in [-0.3, -0.25) is 4.79 Å². The van der Waals surface area contributed by atoms with Crippen LogP contribution in [0.4, 0.5) is 10.1 Å². The van der Waals surface area contributed by atoms with Crippen molar-refractivity contribution in [2.45, 2.75) is 25.3 Å². The number of anilines is 1. The van der Waals surface area contributed by atoms with Crippen LogP contribution in [0.2, 0.25) is 0 Å². The minimum absolute atomic E-state index is 0.0672. The number of benzene rings is 2. The van der Waals surface area contributed by atoms with Crippen molar-refractivity contribution in [2.24, 2.45) is 0 Å². The van der Waals surface area contributed by atoms with E-state index >= 15 is 0 Å². The molecule has 1 heterocycles. The van der Waals surface area contributed by atoms with Crippen molar-refractivity contribution in [3.8, 4) is 16.9 Å². The van der Waals surface area contributed by atoms with E-state index in [9.17, 15) is 9.18 Å². The summed E-state index contributed by atoms with van der Waals surface area (Å²) in [7, 11) is 1.55. The van der Waals surface area contributed by atoms with Crippen molar-refractivity contribution < 1.29 is 13.9 Å². The van der Waals surface area contributed by atoms with Gasteiger partial charge in [-0.2, -0.15) is 0 Å². The van der Waals surface area contributed by atoms with E-state index in [-0.39, 0.29) is 28.9 Å². The van der Waals surface area contributed by atoms with E-state index in [1.165, 1.54) is 12.1 Å². The summed E-state index contributed by atoms with van der Waals surface area (Å²) in [5.74, 6) is -0.198. The van der Waals surface area contributed by atoms with Crippen molar-refractivity contribution in [2.75, 3.05) is 12.8 Å². The van der Waals surface area contributed by atoms with Gasteiger partial charge in [-0.15, -0.1) is 10.2 Å². The third-order valence-corrected chi connectivity index (χ3v) is 4.94. The molecule has 1 aromatic heterocycles. The lowest BCUT2D eigenvalue weighted by Crippen LogP contribution is -2.40. The summed E-state index contributed by atoms with van der Waals surface area (Å²) in [4.78, 5) is 12.4. The lowest BCUT2D eigenvalue weighted by molar-refractivity contribution is 0.0912. The Morgan fingerprint density at radius 1 is 1.26 bits per heavy atom. The van der Waals surface area contributed by atoms with Crippen LogP contribution in [-0.4, -0.2) is 29.3 Å². The maximum Gasteiger partial charge on any atom is 0.274 e. The molecule has 1 aliphatic carbocycles. The van der Waals surface area contributed by atoms with Gasteiger partial charge in [-0.25, -0.2) is 4.39 Å². The van der Waals surface area contributed by atoms with Crippen LogP contribution in [0, 0.1) is 5.82 Å². The third kappa shape index (κ3) is 3.05. The molecule has 2 aromatic carbocycles. The number of rotatable bonds is 4. The smallest absolute Gasteiger partial charge is 0.274 e. The maximum absolute atomic E-state index is 14.6. The summed E-state index contributed by atoms with van der Waals surface area (Å²) in [6.07, 6.45) is 3.02. The first-order valence-electron chi connectivity index (χ1n) is 8.78. The van der Waals surface area contributed by atoms with E-state index in [4.69, 9.17) is 10.5 Å². The molecule has 4 rings (SSSR count). The second-order valence-corrected chi connectivity index (χ2v) is 6.61. The van der Waals surface area contributed by atoms with E-state index in [2.05, 4.69) is 15.5 Å². The Labute approximate surface area is 155 Å². The number of aromatic nitrogens is 2. The highest BCUT2D eigenvalue weighted by molar-refractivity contribution is 6.07. The molecule has 1 aliphatic rings. The van der Waals surface area contributed by atoms with Crippen molar-refractivity contribution in [1.82, 2.24) is 15.5 Å². The zero-order valence-corrected chi connectivity index (χ0v) is 14.8. The normalized spacial score (nSPS) is 14.0. The summed E-state index contributed by atoms with van der Waals surface area (Å²) < 4.78 is 19.8. The fourth-order valence-corrected chi connectivity index (χ4v) is 3.20. The summed E-state index contributed by atoms with van der Waals surface area (Å²) in [6.45, 7) is 0. The molecule has 6 nitrogen and oxygen atoms in total. The standard InChI is InChI=1S/C20H19FN4O2/c1-27-13-7-2-4-11(10-13)16-15(21)9-8-14-17(22)19(25-24-18(14)16)20(26)23-12-5-3-6-12/h2,4,7-10,12H,3,5-6H2,1H3,(H2,22,24)(H,23,26). The number of nitrogens with two attached hydrogens (primary N) is 1. The highest BCUT2D eigenvalue weighted by atomic mass is 19.1. The van der Waals surface area contributed by atoms with Crippen molar-refractivity contribution in [3.63, 3.8) is 0 Å². The minimum Gasteiger partial charge on any atom is -0.497 e. The monoisotopic (exact) mass is 366 g/mol. The van der Waals surface area contributed by atoms with Gasteiger partial charge in [0.15, 0.2) is 5.69 Å². The van der Waals surface area contributed by atoms with Crippen molar-refractivity contribution in [3.05, 3.63) is 47.9 Å². The Kier molecular flexibility index (Phi) is 4.35. The molecular formula is C20H19FN4O2.